The first-order chi connectivity index (χ1) is 10.5. The Balaban J connectivity index is 2.19. The molecule has 0 aliphatic rings. The molecule has 120 valence electrons. The summed E-state index contributed by atoms with van der Waals surface area (Å²) >= 11 is 0. The zero-order valence-electron chi connectivity index (χ0n) is 12.0. The van der Waals surface area contributed by atoms with Crippen LogP contribution in [0, 0.1) is 0 Å². The average molecular weight is 328 g/mol. The van der Waals surface area contributed by atoms with Crippen LogP contribution in [0.1, 0.15) is 0 Å². The Morgan fingerprint density at radius 3 is 2.86 bits per heavy atom. The third-order valence-corrected chi connectivity index (χ3v) is 3.19. The number of nitrogens with zero attached hydrogens (tertiary/aromatic N) is 4. The van der Waals surface area contributed by atoms with Crippen LogP contribution in [0.25, 0.3) is 10.4 Å². The first kappa shape index (κ1) is 17.8. The smallest absolute Gasteiger partial charge is 0.192 e. The molecule has 0 unspecified atom stereocenters. The lowest BCUT2D eigenvalue weighted by Crippen LogP contribution is -2.10. The summed E-state index contributed by atoms with van der Waals surface area (Å²) in [5.74, 6) is 0.410. The molecule has 0 N–H and O–H groups in total. The third kappa shape index (κ3) is 7.48. The van der Waals surface area contributed by atoms with Crippen molar-refractivity contribution in [1.29, 1.82) is 0 Å². The normalized spacial score (nSPS) is 11.1. The predicted octanol–water partition coefficient (Wildman–Crippen LogP) is 1.68. The van der Waals surface area contributed by atoms with Gasteiger partial charge in [0.05, 0.1) is 19.5 Å². The van der Waals surface area contributed by atoms with Gasteiger partial charge in [0.25, 0.3) is 0 Å². The van der Waals surface area contributed by atoms with Crippen molar-refractivity contribution >= 4 is 9.84 Å². The number of sulfone groups is 1. The van der Waals surface area contributed by atoms with Crippen molar-refractivity contribution < 1.29 is 22.6 Å². The van der Waals surface area contributed by atoms with Crippen LogP contribution in [0.2, 0.25) is 0 Å². The maximum absolute atomic E-state index is 11.3. The lowest BCUT2D eigenvalue weighted by Gasteiger charge is -2.07. The minimum Gasteiger partial charge on any atom is -0.499 e. The van der Waals surface area contributed by atoms with Gasteiger partial charge in [0, 0.05) is 29.6 Å². The molecule has 22 heavy (non-hydrogen) atoms. The summed E-state index contributed by atoms with van der Waals surface area (Å²) in [6, 6.07) is 2.93. The van der Waals surface area contributed by atoms with E-state index in [4.69, 9.17) is 19.7 Å². The van der Waals surface area contributed by atoms with Crippen LogP contribution in [0.5, 0.6) is 5.75 Å². The van der Waals surface area contributed by atoms with Gasteiger partial charge < -0.3 is 14.2 Å². The second-order valence-corrected chi connectivity index (χ2v) is 5.89. The highest BCUT2D eigenvalue weighted by Gasteiger charge is 2.09. The molecule has 0 atom stereocenters. The lowest BCUT2D eigenvalue weighted by molar-refractivity contribution is 0.0650. The number of hydrogen-bond donors (Lipinski definition) is 0. The van der Waals surface area contributed by atoms with E-state index in [1.165, 1.54) is 24.7 Å². The van der Waals surface area contributed by atoms with Crippen LogP contribution in [-0.4, -0.2) is 46.1 Å². The molecule has 1 heterocycles. The topological polar surface area (TPSA) is 123 Å². The third-order valence-electron chi connectivity index (χ3n) is 2.20. The zero-order valence-corrected chi connectivity index (χ0v) is 12.8. The highest BCUT2D eigenvalue weighted by atomic mass is 32.2. The first-order valence-electron chi connectivity index (χ1n) is 6.21. The highest BCUT2D eigenvalue weighted by Crippen LogP contribution is 2.14. The molecule has 0 spiro atoms. The molecule has 0 aromatic carbocycles. The van der Waals surface area contributed by atoms with E-state index in [-0.39, 0.29) is 11.6 Å². The van der Waals surface area contributed by atoms with Crippen LogP contribution in [0.3, 0.4) is 0 Å². The summed E-state index contributed by atoms with van der Waals surface area (Å²) in [5, 5.41) is 3.11. The number of ether oxygens (including phenoxy) is 3. The fourth-order valence-electron chi connectivity index (χ4n) is 1.28. The van der Waals surface area contributed by atoms with Crippen LogP contribution < -0.4 is 4.74 Å². The summed E-state index contributed by atoms with van der Waals surface area (Å²) in [4.78, 5) is 6.27. The summed E-state index contributed by atoms with van der Waals surface area (Å²) in [7, 11) is -3.35. The van der Waals surface area contributed by atoms with Gasteiger partial charge in [-0.3, -0.25) is 0 Å². The van der Waals surface area contributed by atoms with Gasteiger partial charge in [-0.1, -0.05) is 5.11 Å². The zero-order chi connectivity index (χ0) is 16.3. The van der Waals surface area contributed by atoms with E-state index in [1.54, 1.807) is 6.07 Å². The molecule has 0 aliphatic heterocycles. The van der Waals surface area contributed by atoms with Gasteiger partial charge in [-0.05, 0) is 11.6 Å². The molecule has 1 aromatic rings. The quantitative estimate of drug-likeness (QED) is 0.212. The number of aromatic nitrogens is 1. The molecule has 0 amide bonds. The minimum absolute atomic E-state index is 0.0360. The van der Waals surface area contributed by atoms with Gasteiger partial charge in [0.2, 0.25) is 0 Å². The van der Waals surface area contributed by atoms with Gasteiger partial charge in [-0.2, -0.15) is 0 Å². The molecule has 1 aromatic heterocycles. The number of rotatable bonds is 10. The maximum Gasteiger partial charge on any atom is 0.192 e. The maximum atomic E-state index is 11.3. The average Bonchev–Trinajstić information content (AvgIpc) is 2.49. The fourth-order valence-corrected chi connectivity index (χ4v) is 1.86. The molecule has 1 rings (SSSR count). The van der Waals surface area contributed by atoms with Crippen molar-refractivity contribution in [3.63, 3.8) is 0 Å². The van der Waals surface area contributed by atoms with E-state index < -0.39 is 9.84 Å². The molecule has 9 nitrogen and oxygen atoms in total. The van der Waals surface area contributed by atoms with Gasteiger partial charge >= 0.3 is 0 Å². The number of azide groups is 1. The Morgan fingerprint density at radius 2 is 2.14 bits per heavy atom. The van der Waals surface area contributed by atoms with Crippen molar-refractivity contribution in [2.75, 3.05) is 32.7 Å². The Hall–Kier alpha value is -2.29. The largest absolute Gasteiger partial charge is 0.499 e. The highest BCUT2D eigenvalue weighted by molar-refractivity contribution is 7.90. The van der Waals surface area contributed by atoms with Crippen LogP contribution >= 0.6 is 0 Å². The summed E-state index contributed by atoms with van der Waals surface area (Å²) in [6.45, 7) is 1.24. The fraction of sp³-hybridized carbons (Fsp3) is 0.417. The van der Waals surface area contributed by atoms with Gasteiger partial charge in [-0.15, -0.1) is 0 Å². The van der Waals surface area contributed by atoms with E-state index >= 15 is 0 Å². The van der Waals surface area contributed by atoms with Gasteiger partial charge in [0.15, 0.2) is 14.9 Å². The Kier molecular flexibility index (Phi) is 7.76. The van der Waals surface area contributed by atoms with E-state index in [0.717, 1.165) is 6.26 Å². The van der Waals surface area contributed by atoms with Crippen molar-refractivity contribution in [3.8, 4) is 5.75 Å². The van der Waals surface area contributed by atoms with E-state index in [9.17, 15) is 8.42 Å². The monoisotopic (exact) mass is 328 g/mol. The second-order valence-electron chi connectivity index (χ2n) is 3.92. The van der Waals surface area contributed by atoms with Crippen molar-refractivity contribution in [1.82, 2.24) is 4.98 Å². The van der Waals surface area contributed by atoms with E-state index in [0.29, 0.717) is 25.6 Å². The van der Waals surface area contributed by atoms with Crippen molar-refractivity contribution in [3.05, 3.63) is 41.2 Å². The van der Waals surface area contributed by atoms with Crippen molar-refractivity contribution in [2.45, 2.75) is 5.03 Å². The Labute approximate surface area is 128 Å². The number of pyridine rings is 1. The Morgan fingerprint density at radius 1 is 1.36 bits per heavy atom. The van der Waals surface area contributed by atoms with Crippen molar-refractivity contribution in [2.24, 2.45) is 5.11 Å². The molecule has 0 saturated carbocycles. The predicted molar refractivity (Wildman–Crippen MR) is 77.9 cm³/mol. The SMILES string of the molecule is CS(=O)(=O)c1cc(OCCOCCOC=CN=[N+]=[N-])ccn1. The molecule has 0 radical (unpaired) electrons. The summed E-state index contributed by atoms with van der Waals surface area (Å²) in [6.07, 6.45) is 4.91. The number of hydrogen-bond acceptors (Lipinski definition) is 7. The van der Waals surface area contributed by atoms with Gasteiger partial charge in [0.1, 0.15) is 19.0 Å². The lowest BCUT2D eigenvalue weighted by atomic mass is 10.4. The summed E-state index contributed by atoms with van der Waals surface area (Å²) in [5.41, 5.74) is 8.00. The Bertz CT molecular complexity index is 641. The van der Waals surface area contributed by atoms with Gasteiger partial charge in [-0.25, -0.2) is 13.4 Å². The molecule has 0 saturated heterocycles. The molecular weight excluding hydrogens is 312 g/mol. The molecular formula is C12H16N4O5S. The van der Waals surface area contributed by atoms with E-state index in [2.05, 4.69) is 15.0 Å². The van der Waals surface area contributed by atoms with Crippen LogP contribution in [0.15, 0.2) is 40.9 Å². The molecule has 0 aliphatic carbocycles. The molecule has 10 heteroatoms. The first-order valence-corrected chi connectivity index (χ1v) is 8.10. The molecule has 0 bridgehead atoms. The second kappa shape index (κ2) is 9.61. The standard InChI is InChI=1S/C12H16N4O5S/c1-22(17,18)12-10-11(2-3-14-12)21-9-8-20-7-6-19-5-4-15-16-13/h2-5,10H,6-9H2,1H3. The molecule has 0 fully saturated rings. The minimum atomic E-state index is -3.35. The van der Waals surface area contributed by atoms with E-state index in [1.807, 2.05) is 0 Å². The summed E-state index contributed by atoms with van der Waals surface area (Å²) < 4.78 is 38.2. The van der Waals surface area contributed by atoms with Crippen LogP contribution in [0.4, 0.5) is 0 Å². The van der Waals surface area contributed by atoms with Crippen LogP contribution in [-0.2, 0) is 19.3 Å².